The predicted octanol–water partition coefficient (Wildman–Crippen LogP) is 3.99. The second-order valence-corrected chi connectivity index (χ2v) is 6.17. The van der Waals surface area contributed by atoms with Crippen LogP contribution >= 0.6 is 0 Å². The van der Waals surface area contributed by atoms with E-state index in [0.717, 1.165) is 46.0 Å². The normalized spacial score (nSPS) is 12.1. The molecule has 3 aromatic rings. The minimum Gasteiger partial charge on any atom is -0.338 e. The quantitative estimate of drug-likeness (QED) is 0.382. The van der Waals surface area contributed by atoms with E-state index in [9.17, 15) is 4.79 Å². The number of carbonyl (C=O) groups excluding carboxylic acids is 1. The Morgan fingerprint density at radius 3 is 2.63 bits per heavy atom. The molecule has 2 aromatic carbocycles. The van der Waals surface area contributed by atoms with Crippen molar-refractivity contribution in [2.75, 3.05) is 5.32 Å². The fraction of sp³-hybridized carbons (Fsp3) is 0.0952. The van der Waals surface area contributed by atoms with Gasteiger partial charge in [0.25, 0.3) is 5.91 Å². The van der Waals surface area contributed by atoms with Crippen molar-refractivity contribution in [1.82, 2.24) is 10.5 Å². The summed E-state index contributed by atoms with van der Waals surface area (Å²) in [7, 11) is 0. The van der Waals surface area contributed by atoms with E-state index < -0.39 is 5.91 Å². The average Bonchev–Trinajstić information content (AvgIpc) is 2.89. The van der Waals surface area contributed by atoms with Crippen LogP contribution in [0.2, 0.25) is 0 Å². The largest absolute Gasteiger partial charge is 0.338 e. The van der Waals surface area contributed by atoms with Crippen LogP contribution in [0.5, 0.6) is 0 Å². The van der Waals surface area contributed by atoms with Crippen LogP contribution in [0.3, 0.4) is 0 Å². The molecule has 134 valence electrons. The van der Waals surface area contributed by atoms with Gasteiger partial charge in [0.1, 0.15) is 5.82 Å². The number of fused-ring (bicyclic) bond motifs is 2. The summed E-state index contributed by atoms with van der Waals surface area (Å²) < 4.78 is 0. The summed E-state index contributed by atoms with van der Waals surface area (Å²) in [4.78, 5) is 21.1. The van der Waals surface area contributed by atoms with Gasteiger partial charge < -0.3 is 5.32 Å². The molecule has 6 nitrogen and oxygen atoms in total. The van der Waals surface area contributed by atoms with Gasteiger partial charge in [0.15, 0.2) is 0 Å². The van der Waals surface area contributed by atoms with Gasteiger partial charge in [0.05, 0.1) is 17.1 Å². The molecule has 3 N–H and O–H groups in total. The first-order chi connectivity index (χ1) is 13.2. The maximum absolute atomic E-state index is 11.6. The second-order valence-electron chi connectivity index (χ2n) is 6.17. The van der Waals surface area contributed by atoms with Crippen molar-refractivity contribution < 1.29 is 10.0 Å². The fourth-order valence-corrected chi connectivity index (χ4v) is 3.19. The molecule has 2 heterocycles. The lowest BCUT2D eigenvalue weighted by molar-refractivity contribution is 0.0706. The van der Waals surface area contributed by atoms with Gasteiger partial charge in [-0.1, -0.05) is 31.2 Å². The molecule has 4 rings (SSSR count). The minimum atomic E-state index is -0.548. The van der Waals surface area contributed by atoms with Crippen LogP contribution in [0.15, 0.2) is 65.8 Å². The number of benzene rings is 2. The number of aromatic nitrogens is 1. The van der Waals surface area contributed by atoms with Crippen LogP contribution in [0.25, 0.3) is 0 Å². The smallest absolute Gasteiger partial charge is 0.274 e. The number of amides is 1. The number of anilines is 2. The molecule has 27 heavy (non-hydrogen) atoms. The lowest BCUT2D eigenvalue weighted by Gasteiger charge is -2.14. The number of nitrogens with zero attached hydrogens (tertiary/aromatic N) is 2. The van der Waals surface area contributed by atoms with Crippen LogP contribution in [0.1, 0.15) is 34.0 Å². The molecule has 1 aliphatic heterocycles. The summed E-state index contributed by atoms with van der Waals surface area (Å²) in [5.74, 6) is 0.211. The lowest BCUT2D eigenvalue weighted by atomic mass is 9.96. The number of pyridine rings is 1. The van der Waals surface area contributed by atoms with Crippen LogP contribution in [0.4, 0.5) is 17.2 Å². The van der Waals surface area contributed by atoms with Gasteiger partial charge in [-0.25, -0.2) is 15.5 Å². The maximum atomic E-state index is 11.6. The number of aliphatic imine (C=N–C) groups is 1. The first kappa shape index (κ1) is 16.9. The second kappa shape index (κ2) is 7.01. The highest BCUT2D eigenvalue weighted by Gasteiger charge is 2.21. The molecule has 0 spiro atoms. The molecule has 6 heteroatoms. The summed E-state index contributed by atoms with van der Waals surface area (Å²) in [6.07, 6.45) is 2.64. The molecule has 0 atom stereocenters. The highest BCUT2D eigenvalue weighted by Crippen LogP contribution is 2.35. The van der Waals surface area contributed by atoms with E-state index in [4.69, 9.17) is 10.2 Å². The Kier molecular flexibility index (Phi) is 4.40. The zero-order valence-corrected chi connectivity index (χ0v) is 14.7. The van der Waals surface area contributed by atoms with E-state index in [0.29, 0.717) is 5.56 Å². The number of hydrogen-bond acceptors (Lipinski definition) is 5. The zero-order valence-electron chi connectivity index (χ0n) is 14.7. The van der Waals surface area contributed by atoms with Crippen molar-refractivity contribution in [2.24, 2.45) is 4.99 Å². The SMILES string of the molecule is CCc1ccnc2c1C(c1ccc(C(=O)NO)cc1)=Nc1ccccc1N2. The summed E-state index contributed by atoms with van der Waals surface area (Å²) in [6.45, 7) is 2.10. The Bertz CT molecular complexity index is 1040. The Balaban J connectivity index is 1.92. The van der Waals surface area contributed by atoms with E-state index >= 15 is 0 Å². The summed E-state index contributed by atoms with van der Waals surface area (Å²) >= 11 is 0. The molecule has 0 bridgehead atoms. The van der Waals surface area contributed by atoms with Gasteiger partial charge in [-0.2, -0.15) is 0 Å². The molecule has 1 aliphatic rings. The van der Waals surface area contributed by atoms with Crippen LogP contribution in [-0.2, 0) is 6.42 Å². The Hall–Kier alpha value is -3.51. The number of hydrogen-bond donors (Lipinski definition) is 3. The molecular formula is C21H18N4O2. The van der Waals surface area contributed by atoms with E-state index in [1.54, 1.807) is 23.8 Å². The molecule has 0 aliphatic carbocycles. The third kappa shape index (κ3) is 3.07. The highest BCUT2D eigenvalue weighted by molar-refractivity contribution is 6.19. The van der Waals surface area contributed by atoms with Crippen molar-refractivity contribution in [2.45, 2.75) is 13.3 Å². The molecule has 0 fully saturated rings. The van der Waals surface area contributed by atoms with Crippen molar-refractivity contribution in [3.05, 3.63) is 83.0 Å². The molecular weight excluding hydrogens is 340 g/mol. The summed E-state index contributed by atoms with van der Waals surface area (Å²) in [6, 6.07) is 16.8. The van der Waals surface area contributed by atoms with Gasteiger partial charge in [-0.15, -0.1) is 0 Å². The third-order valence-corrected chi connectivity index (χ3v) is 4.57. The van der Waals surface area contributed by atoms with Gasteiger partial charge in [0, 0.05) is 22.9 Å². The predicted molar refractivity (Wildman–Crippen MR) is 104 cm³/mol. The van der Waals surface area contributed by atoms with Crippen molar-refractivity contribution in [1.29, 1.82) is 0 Å². The number of nitrogens with one attached hydrogen (secondary N) is 2. The number of hydroxylamine groups is 1. The van der Waals surface area contributed by atoms with E-state index in [2.05, 4.69) is 17.2 Å². The highest BCUT2D eigenvalue weighted by atomic mass is 16.5. The zero-order chi connectivity index (χ0) is 18.8. The topological polar surface area (TPSA) is 86.6 Å². The van der Waals surface area contributed by atoms with Crippen molar-refractivity contribution >= 4 is 28.8 Å². The van der Waals surface area contributed by atoms with E-state index in [1.165, 1.54) is 0 Å². The standard InChI is InChI=1S/C21H18N4O2/c1-2-13-11-12-22-20-18(13)19(23-16-5-3-4-6-17(16)24-20)14-7-9-15(10-8-14)21(26)25-27/h3-12,27H,2H2,1H3,(H,22,24)(H,25,26). The Morgan fingerprint density at radius 2 is 1.89 bits per heavy atom. The van der Waals surface area contributed by atoms with Gasteiger partial charge in [0.2, 0.25) is 0 Å². The molecule has 0 unspecified atom stereocenters. The lowest BCUT2D eigenvalue weighted by Crippen LogP contribution is -2.18. The van der Waals surface area contributed by atoms with Gasteiger partial charge >= 0.3 is 0 Å². The Morgan fingerprint density at radius 1 is 1.11 bits per heavy atom. The molecule has 0 saturated heterocycles. The minimum absolute atomic E-state index is 0.371. The molecule has 1 amide bonds. The number of aryl methyl sites for hydroxylation is 1. The summed E-state index contributed by atoms with van der Waals surface area (Å²) in [5, 5.41) is 12.2. The number of rotatable bonds is 3. The van der Waals surface area contributed by atoms with E-state index in [1.807, 2.05) is 42.5 Å². The van der Waals surface area contributed by atoms with E-state index in [-0.39, 0.29) is 0 Å². The monoisotopic (exact) mass is 358 g/mol. The molecule has 0 radical (unpaired) electrons. The number of para-hydroxylation sites is 2. The first-order valence-corrected chi connectivity index (χ1v) is 8.69. The fourth-order valence-electron chi connectivity index (χ4n) is 3.19. The van der Waals surface area contributed by atoms with Crippen LogP contribution in [-0.4, -0.2) is 21.8 Å². The Labute approximate surface area is 156 Å². The average molecular weight is 358 g/mol. The first-order valence-electron chi connectivity index (χ1n) is 8.69. The third-order valence-electron chi connectivity index (χ3n) is 4.57. The molecule has 1 aromatic heterocycles. The maximum Gasteiger partial charge on any atom is 0.274 e. The van der Waals surface area contributed by atoms with Crippen molar-refractivity contribution in [3.8, 4) is 0 Å². The van der Waals surface area contributed by atoms with Crippen LogP contribution in [0, 0.1) is 0 Å². The van der Waals surface area contributed by atoms with Crippen molar-refractivity contribution in [3.63, 3.8) is 0 Å². The van der Waals surface area contributed by atoms with Crippen LogP contribution < -0.4 is 10.8 Å². The summed E-state index contributed by atoms with van der Waals surface area (Å²) in [5.41, 5.74) is 7.49. The van der Waals surface area contributed by atoms with Gasteiger partial charge in [-0.3, -0.25) is 10.0 Å². The number of carbonyl (C=O) groups is 1. The molecule has 0 saturated carbocycles. The van der Waals surface area contributed by atoms with Gasteiger partial charge in [-0.05, 0) is 42.3 Å².